The van der Waals surface area contributed by atoms with E-state index >= 15 is 0 Å². The topological polar surface area (TPSA) is 23.6 Å². The summed E-state index contributed by atoms with van der Waals surface area (Å²) in [4.78, 5) is 18.6. The number of hydrogen-bond acceptors (Lipinski definition) is 3. The number of hydrogen-bond donors (Lipinski definition) is 0. The number of carbonyl (C=O) groups is 1. The fraction of sp³-hybridized carbons (Fsp3) is 0.706. The first-order chi connectivity index (χ1) is 10.1. The van der Waals surface area contributed by atoms with E-state index in [0.29, 0.717) is 30.3 Å². The summed E-state index contributed by atoms with van der Waals surface area (Å²) in [6.45, 7) is 8.30. The molecule has 3 heterocycles. The molecule has 2 aliphatic rings. The number of likely N-dealkylation sites (tertiary alicyclic amines) is 2. The smallest absolute Gasteiger partial charge is 0.237 e. The van der Waals surface area contributed by atoms with Crippen molar-refractivity contribution in [2.45, 2.75) is 39.2 Å². The Morgan fingerprint density at radius 2 is 2.10 bits per heavy atom. The largest absolute Gasteiger partial charge is 0.334 e. The second-order valence-electron chi connectivity index (χ2n) is 6.90. The van der Waals surface area contributed by atoms with Crippen LogP contribution in [0.5, 0.6) is 0 Å². The van der Waals surface area contributed by atoms with Crippen molar-refractivity contribution in [3.05, 3.63) is 22.4 Å². The van der Waals surface area contributed by atoms with E-state index < -0.39 is 0 Å². The SMILES string of the molecule is CC1CC(C)CN(CC(=O)N2CCCC2c2cccs2)C1. The van der Waals surface area contributed by atoms with Crippen LogP contribution in [-0.2, 0) is 4.79 Å². The molecule has 3 unspecified atom stereocenters. The van der Waals surface area contributed by atoms with E-state index in [-0.39, 0.29) is 0 Å². The molecule has 116 valence electrons. The summed E-state index contributed by atoms with van der Waals surface area (Å²) < 4.78 is 0. The molecule has 3 rings (SSSR count). The molecule has 3 nitrogen and oxygen atoms in total. The fourth-order valence-electron chi connectivity index (χ4n) is 4.05. The molecular formula is C17H26N2OS. The maximum atomic E-state index is 12.7. The van der Waals surface area contributed by atoms with Gasteiger partial charge < -0.3 is 4.90 Å². The van der Waals surface area contributed by atoms with Crippen molar-refractivity contribution in [3.63, 3.8) is 0 Å². The molecule has 0 bridgehead atoms. The molecule has 3 atom stereocenters. The summed E-state index contributed by atoms with van der Waals surface area (Å²) in [6, 6.07) is 4.60. The minimum atomic E-state index is 0.326. The highest BCUT2D eigenvalue weighted by Crippen LogP contribution is 2.34. The van der Waals surface area contributed by atoms with Crippen LogP contribution in [0, 0.1) is 11.8 Å². The molecule has 0 aliphatic carbocycles. The van der Waals surface area contributed by atoms with Gasteiger partial charge in [0.2, 0.25) is 5.91 Å². The molecule has 0 aromatic carbocycles. The summed E-state index contributed by atoms with van der Waals surface area (Å²) in [7, 11) is 0. The fourth-order valence-corrected chi connectivity index (χ4v) is 4.92. The first-order valence-corrected chi connectivity index (χ1v) is 9.06. The lowest BCUT2D eigenvalue weighted by molar-refractivity contribution is -0.134. The van der Waals surface area contributed by atoms with Crippen LogP contribution in [0.4, 0.5) is 0 Å². The van der Waals surface area contributed by atoms with Gasteiger partial charge >= 0.3 is 0 Å². The summed E-state index contributed by atoms with van der Waals surface area (Å²) in [6.07, 6.45) is 3.56. The zero-order chi connectivity index (χ0) is 14.8. The van der Waals surface area contributed by atoms with Crippen LogP contribution in [0.15, 0.2) is 17.5 Å². The maximum Gasteiger partial charge on any atom is 0.237 e. The van der Waals surface area contributed by atoms with E-state index in [4.69, 9.17) is 0 Å². The molecule has 0 saturated carbocycles. The highest BCUT2D eigenvalue weighted by atomic mass is 32.1. The summed E-state index contributed by atoms with van der Waals surface area (Å²) in [5, 5.41) is 2.12. The number of thiophene rings is 1. The molecule has 2 saturated heterocycles. The number of piperidine rings is 1. The Hall–Kier alpha value is -0.870. The van der Waals surface area contributed by atoms with Crippen molar-refractivity contribution in [1.29, 1.82) is 0 Å². The Morgan fingerprint density at radius 3 is 2.76 bits per heavy atom. The Morgan fingerprint density at radius 1 is 1.33 bits per heavy atom. The number of nitrogens with zero attached hydrogens (tertiary/aromatic N) is 2. The van der Waals surface area contributed by atoms with Crippen molar-refractivity contribution in [2.75, 3.05) is 26.2 Å². The van der Waals surface area contributed by atoms with Gasteiger partial charge in [0.05, 0.1) is 12.6 Å². The Bertz CT molecular complexity index is 463. The lowest BCUT2D eigenvalue weighted by Crippen LogP contribution is -2.45. The molecule has 0 N–H and O–H groups in total. The molecule has 2 fully saturated rings. The monoisotopic (exact) mass is 306 g/mol. The highest BCUT2D eigenvalue weighted by Gasteiger charge is 2.32. The molecule has 21 heavy (non-hydrogen) atoms. The van der Waals surface area contributed by atoms with E-state index in [1.165, 1.54) is 11.3 Å². The molecule has 0 radical (unpaired) electrons. The van der Waals surface area contributed by atoms with Crippen molar-refractivity contribution >= 4 is 17.2 Å². The second kappa shape index (κ2) is 6.49. The standard InChI is InChI=1S/C17H26N2OS/c1-13-9-14(2)11-18(10-13)12-17(20)19-7-3-5-15(19)16-6-4-8-21-16/h4,6,8,13-15H,3,5,7,9-12H2,1-2H3. The minimum absolute atomic E-state index is 0.326. The Balaban J connectivity index is 1.62. The number of carbonyl (C=O) groups excluding carboxylic acids is 1. The van der Waals surface area contributed by atoms with Crippen LogP contribution < -0.4 is 0 Å². The van der Waals surface area contributed by atoms with Gasteiger partial charge in [0.1, 0.15) is 0 Å². The van der Waals surface area contributed by atoms with Gasteiger partial charge in [-0.25, -0.2) is 0 Å². The zero-order valence-corrected chi connectivity index (χ0v) is 13.9. The third-order valence-electron chi connectivity index (χ3n) is 4.75. The predicted octanol–water partition coefficient (Wildman–Crippen LogP) is 3.39. The van der Waals surface area contributed by atoms with E-state index in [1.54, 1.807) is 11.3 Å². The third-order valence-corrected chi connectivity index (χ3v) is 5.72. The first kappa shape index (κ1) is 15.0. The average Bonchev–Trinajstić information content (AvgIpc) is 3.08. The first-order valence-electron chi connectivity index (χ1n) is 8.18. The van der Waals surface area contributed by atoms with Crippen molar-refractivity contribution in [2.24, 2.45) is 11.8 Å². The van der Waals surface area contributed by atoms with Crippen LogP contribution in [0.25, 0.3) is 0 Å². The molecule has 1 aromatic heterocycles. The summed E-state index contributed by atoms with van der Waals surface area (Å²) in [5.41, 5.74) is 0. The van der Waals surface area contributed by atoms with Gasteiger partial charge in [-0.3, -0.25) is 9.69 Å². The molecule has 1 aromatic rings. The van der Waals surface area contributed by atoms with Crippen molar-refractivity contribution < 1.29 is 4.79 Å². The molecule has 1 amide bonds. The van der Waals surface area contributed by atoms with Gasteiger partial charge in [0, 0.05) is 24.5 Å². The Labute approximate surface area is 131 Å². The van der Waals surface area contributed by atoms with Crippen molar-refractivity contribution in [3.8, 4) is 0 Å². The highest BCUT2D eigenvalue weighted by molar-refractivity contribution is 7.10. The van der Waals surface area contributed by atoms with Gasteiger partial charge in [-0.1, -0.05) is 19.9 Å². The van der Waals surface area contributed by atoms with Gasteiger partial charge in [0.15, 0.2) is 0 Å². The average molecular weight is 306 g/mol. The van der Waals surface area contributed by atoms with Crippen LogP contribution in [0.2, 0.25) is 0 Å². The number of rotatable bonds is 3. The lowest BCUT2D eigenvalue weighted by atomic mass is 9.92. The maximum absolute atomic E-state index is 12.7. The summed E-state index contributed by atoms with van der Waals surface area (Å²) in [5.74, 6) is 1.76. The van der Waals surface area contributed by atoms with Crippen molar-refractivity contribution in [1.82, 2.24) is 9.80 Å². The zero-order valence-electron chi connectivity index (χ0n) is 13.1. The molecular weight excluding hydrogens is 280 g/mol. The normalized spacial score (nSPS) is 30.8. The van der Waals surface area contributed by atoms with Crippen LogP contribution >= 0.6 is 11.3 Å². The lowest BCUT2D eigenvalue weighted by Gasteiger charge is -2.36. The van der Waals surface area contributed by atoms with E-state index in [2.05, 4.69) is 41.2 Å². The van der Waals surface area contributed by atoms with Gasteiger partial charge in [-0.2, -0.15) is 0 Å². The van der Waals surface area contributed by atoms with Crippen LogP contribution in [0.1, 0.15) is 44.0 Å². The Kier molecular flexibility index (Phi) is 4.65. The van der Waals surface area contributed by atoms with Gasteiger partial charge in [-0.15, -0.1) is 11.3 Å². The van der Waals surface area contributed by atoms with E-state index in [0.717, 1.165) is 32.5 Å². The van der Waals surface area contributed by atoms with E-state index in [1.807, 2.05) is 0 Å². The molecule has 2 aliphatic heterocycles. The van der Waals surface area contributed by atoms with Crippen LogP contribution in [0.3, 0.4) is 0 Å². The molecule has 0 spiro atoms. The minimum Gasteiger partial charge on any atom is -0.334 e. The number of amides is 1. The molecule has 4 heteroatoms. The summed E-state index contributed by atoms with van der Waals surface area (Å²) >= 11 is 1.78. The van der Waals surface area contributed by atoms with Gasteiger partial charge in [-0.05, 0) is 42.5 Å². The van der Waals surface area contributed by atoms with Crippen LogP contribution in [-0.4, -0.2) is 41.9 Å². The van der Waals surface area contributed by atoms with Gasteiger partial charge in [0.25, 0.3) is 0 Å². The quantitative estimate of drug-likeness (QED) is 0.854. The second-order valence-corrected chi connectivity index (χ2v) is 7.88. The predicted molar refractivity (Wildman–Crippen MR) is 87.4 cm³/mol. The third kappa shape index (κ3) is 3.49. The van der Waals surface area contributed by atoms with E-state index in [9.17, 15) is 4.79 Å².